The Bertz CT molecular complexity index is 163. The highest BCUT2D eigenvalue weighted by atomic mass is 14.8. The maximum atomic E-state index is 3.79. The van der Waals surface area contributed by atoms with Crippen molar-refractivity contribution in [3.63, 3.8) is 0 Å². The highest BCUT2D eigenvalue weighted by Gasteiger charge is 1.97. The highest BCUT2D eigenvalue weighted by Crippen LogP contribution is 2.11. The van der Waals surface area contributed by atoms with Gasteiger partial charge in [-0.05, 0) is 11.6 Å². The molecule has 0 spiro atoms. The molecule has 0 unspecified atom stereocenters. The maximum Gasteiger partial charge on any atom is 0.0405 e. The van der Waals surface area contributed by atoms with Gasteiger partial charge in [0, 0.05) is 12.7 Å². The number of rotatable bonds is 1. The Hall–Kier alpha value is -0.980. The minimum absolute atomic E-state index is 1.06. The van der Waals surface area contributed by atoms with E-state index in [9.17, 15) is 0 Å². The van der Waals surface area contributed by atoms with E-state index in [1.54, 1.807) is 0 Å². The zero-order chi connectivity index (χ0) is 5.98. The van der Waals surface area contributed by atoms with E-state index in [1.165, 1.54) is 0 Å². The van der Waals surface area contributed by atoms with Gasteiger partial charge >= 0.3 is 0 Å². The summed E-state index contributed by atoms with van der Waals surface area (Å²) in [5.74, 6) is 0. The van der Waals surface area contributed by atoms with Gasteiger partial charge in [0.05, 0.1) is 0 Å². The zero-order valence-corrected chi connectivity index (χ0v) is 4.94. The van der Waals surface area contributed by atoms with Crippen LogP contribution in [0.3, 0.4) is 0 Å². The van der Waals surface area contributed by atoms with E-state index in [2.05, 4.69) is 11.9 Å². The van der Waals surface area contributed by atoms with Crippen molar-refractivity contribution in [1.82, 2.24) is 5.32 Å². The lowest BCUT2D eigenvalue weighted by atomic mass is 10.3. The van der Waals surface area contributed by atoms with Crippen LogP contribution in [-0.4, -0.2) is 7.05 Å². The number of hydrogen-bond donors (Lipinski definition) is 1. The van der Waals surface area contributed by atoms with Crippen LogP contribution in [0, 0.1) is 0 Å². The summed E-state index contributed by atoms with van der Waals surface area (Å²) in [7, 11) is 1.89. The van der Waals surface area contributed by atoms with Crippen LogP contribution in [0.5, 0.6) is 0 Å². The van der Waals surface area contributed by atoms with Gasteiger partial charge in [0.2, 0.25) is 0 Å². The van der Waals surface area contributed by atoms with Gasteiger partial charge in [-0.2, -0.15) is 0 Å². The molecule has 0 aromatic rings. The van der Waals surface area contributed by atoms with Gasteiger partial charge < -0.3 is 5.32 Å². The van der Waals surface area contributed by atoms with Gasteiger partial charge in [-0.3, -0.25) is 0 Å². The topological polar surface area (TPSA) is 12.0 Å². The summed E-state index contributed by atoms with van der Waals surface area (Å²) in [5.41, 5.74) is 2.18. The Morgan fingerprint density at radius 1 is 1.62 bits per heavy atom. The normalized spacial score (nSPS) is 16.6. The second-order valence-corrected chi connectivity index (χ2v) is 1.71. The molecule has 0 bridgehead atoms. The van der Waals surface area contributed by atoms with Gasteiger partial charge in [0.15, 0.2) is 0 Å². The predicted octanol–water partition coefficient (Wildman–Crippen LogP) is 1.22. The van der Waals surface area contributed by atoms with E-state index in [4.69, 9.17) is 0 Å². The summed E-state index contributed by atoms with van der Waals surface area (Å²) in [4.78, 5) is 0. The first-order valence-electron chi connectivity index (χ1n) is 2.60. The quantitative estimate of drug-likeness (QED) is 0.531. The largest absolute Gasteiger partial charge is 0.388 e. The molecule has 8 heavy (non-hydrogen) atoms. The minimum Gasteiger partial charge on any atom is -0.388 e. The molecule has 1 N–H and O–H groups in total. The van der Waals surface area contributed by atoms with E-state index >= 15 is 0 Å². The van der Waals surface area contributed by atoms with Crippen LogP contribution in [-0.2, 0) is 0 Å². The molecule has 0 aromatic carbocycles. The molecule has 1 aliphatic rings. The molecule has 1 nitrogen and oxygen atoms in total. The SMILES string of the molecule is C=C1C=CC=C1NC. The van der Waals surface area contributed by atoms with Gasteiger partial charge in [-0.15, -0.1) is 0 Å². The van der Waals surface area contributed by atoms with E-state index in [1.807, 2.05) is 25.3 Å². The third-order valence-electron chi connectivity index (χ3n) is 1.18. The lowest BCUT2D eigenvalue weighted by molar-refractivity contribution is 1.02. The molecular formula is C7H9N. The molecule has 1 heteroatoms. The summed E-state index contributed by atoms with van der Waals surface area (Å²) in [6.07, 6.45) is 5.96. The fourth-order valence-electron chi connectivity index (χ4n) is 0.701. The molecule has 1 aliphatic carbocycles. The van der Waals surface area contributed by atoms with E-state index < -0.39 is 0 Å². The van der Waals surface area contributed by atoms with Crippen LogP contribution >= 0.6 is 0 Å². The first-order valence-corrected chi connectivity index (χ1v) is 2.60. The third-order valence-corrected chi connectivity index (χ3v) is 1.18. The van der Waals surface area contributed by atoms with Crippen molar-refractivity contribution < 1.29 is 0 Å². The van der Waals surface area contributed by atoms with Crippen LogP contribution in [0.1, 0.15) is 0 Å². The number of allylic oxidation sites excluding steroid dienone is 3. The molecule has 1 rings (SSSR count). The Morgan fingerprint density at radius 2 is 2.38 bits per heavy atom. The molecule has 0 atom stereocenters. The average Bonchev–Trinajstić information content (AvgIpc) is 2.14. The molecule has 0 heterocycles. The lowest BCUT2D eigenvalue weighted by Crippen LogP contribution is -2.03. The van der Waals surface area contributed by atoms with Crippen LogP contribution in [0.15, 0.2) is 36.1 Å². The fraction of sp³-hybridized carbons (Fsp3) is 0.143. The van der Waals surface area contributed by atoms with Crippen LogP contribution in [0.2, 0.25) is 0 Å². The first kappa shape index (κ1) is 5.16. The van der Waals surface area contributed by atoms with Gasteiger partial charge in [-0.25, -0.2) is 0 Å². The summed E-state index contributed by atoms with van der Waals surface area (Å²) in [6.45, 7) is 3.79. The van der Waals surface area contributed by atoms with Gasteiger partial charge in [-0.1, -0.05) is 18.7 Å². The molecule has 0 radical (unpaired) electrons. The number of likely N-dealkylation sites (N-methyl/N-ethyl adjacent to an activating group) is 1. The molecular weight excluding hydrogens is 98.1 g/mol. The monoisotopic (exact) mass is 107 g/mol. The van der Waals surface area contributed by atoms with E-state index in [0.717, 1.165) is 11.3 Å². The van der Waals surface area contributed by atoms with Crippen molar-refractivity contribution in [2.45, 2.75) is 0 Å². The van der Waals surface area contributed by atoms with Crippen molar-refractivity contribution in [2.75, 3.05) is 7.05 Å². The Kier molecular flexibility index (Phi) is 1.20. The second-order valence-electron chi connectivity index (χ2n) is 1.71. The zero-order valence-electron chi connectivity index (χ0n) is 4.94. The third kappa shape index (κ3) is 0.668. The summed E-state index contributed by atoms with van der Waals surface area (Å²) >= 11 is 0. The van der Waals surface area contributed by atoms with E-state index in [-0.39, 0.29) is 0 Å². The molecule has 0 fully saturated rings. The molecule has 0 amide bonds. The molecule has 42 valence electrons. The Labute approximate surface area is 49.4 Å². The first-order chi connectivity index (χ1) is 3.84. The standard InChI is InChI=1S/C7H9N/c1-6-4-3-5-7(6)8-2/h3-5,8H,1H2,2H3. The fourth-order valence-corrected chi connectivity index (χ4v) is 0.701. The predicted molar refractivity (Wildman–Crippen MR) is 35.4 cm³/mol. The van der Waals surface area contributed by atoms with Crippen molar-refractivity contribution >= 4 is 0 Å². The molecule has 0 saturated carbocycles. The van der Waals surface area contributed by atoms with Crippen LogP contribution < -0.4 is 5.32 Å². The summed E-state index contributed by atoms with van der Waals surface area (Å²) < 4.78 is 0. The smallest absolute Gasteiger partial charge is 0.0405 e. The Balaban J connectivity index is 2.73. The number of nitrogens with one attached hydrogen (secondary N) is 1. The molecule has 0 aromatic heterocycles. The van der Waals surface area contributed by atoms with Gasteiger partial charge in [0.1, 0.15) is 0 Å². The van der Waals surface area contributed by atoms with Crippen molar-refractivity contribution in [3.05, 3.63) is 36.1 Å². The second kappa shape index (κ2) is 1.86. The lowest BCUT2D eigenvalue weighted by Gasteiger charge is -1.98. The van der Waals surface area contributed by atoms with Crippen LogP contribution in [0.25, 0.3) is 0 Å². The van der Waals surface area contributed by atoms with Crippen molar-refractivity contribution in [2.24, 2.45) is 0 Å². The minimum atomic E-state index is 1.06. The highest BCUT2D eigenvalue weighted by molar-refractivity contribution is 5.44. The van der Waals surface area contributed by atoms with E-state index in [0.29, 0.717) is 0 Å². The number of hydrogen-bond acceptors (Lipinski definition) is 1. The van der Waals surface area contributed by atoms with Gasteiger partial charge in [0.25, 0.3) is 0 Å². The molecule has 0 saturated heterocycles. The maximum absolute atomic E-state index is 3.79. The Morgan fingerprint density at radius 3 is 2.62 bits per heavy atom. The van der Waals surface area contributed by atoms with Crippen LogP contribution in [0.4, 0.5) is 0 Å². The molecule has 0 aliphatic heterocycles. The van der Waals surface area contributed by atoms with Crippen molar-refractivity contribution in [3.8, 4) is 0 Å². The summed E-state index contributed by atoms with van der Waals surface area (Å²) in [5, 5.41) is 3.01. The summed E-state index contributed by atoms with van der Waals surface area (Å²) in [6, 6.07) is 0. The average molecular weight is 107 g/mol. The van der Waals surface area contributed by atoms with Crippen molar-refractivity contribution in [1.29, 1.82) is 0 Å².